The number of nitrogens with zero attached hydrogens (tertiary/aromatic N) is 2. The van der Waals surface area contributed by atoms with Crippen molar-refractivity contribution in [1.82, 2.24) is 5.32 Å². The molecule has 0 bridgehead atoms. The van der Waals surface area contributed by atoms with Gasteiger partial charge >= 0.3 is 0 Å². The molecule has 3 rings (SSSR count). The summed E-state index contributed by atoms with van der Waals surface area (Å²) in [7, 11) is 5.74. The number of rotatable bonds is 8. The van der Waals surface area contributed by atoms with Gasteiger partial charge in [0.2, 0.25) is 0 Å². The standard InChI is InChI=1S/C24H27N3O2S/c1-26(2)19-14-12-18(13-15-19)8-6-16-25-23(28)20-9-4-5-10-21(20)27(3)24(29)22-11-7-17-30-22/h4-5,7,9-15,17H,6,8,16H2,1-3H3,(H,25,28). The first-order valence-corrected chi connectivity index (χ1v) is 10.8. The number of thiophene rings is 1. The topological polar surface area (TPSA) is 52.7 Å². The summed E-state index contributed by atoms with van der Waals surface area (Å²) < 4.78 is 0. The molecule has 2 amide bonds. The number of carbonyl (C=O) groups is 2. The molecule has 0 atom stereocenters. The second kappa shape index (κ2) is 10.1. The zero-order valence-electron chi connectivity index (χ0n) is 17.6. The molecule has 0 saturated carbocycles. The minimum absolute atomic E-state index is 0.119. The zero-order valence-corrected chi connectivity index (χ0v) is 18.4. The summed E-state index contributed by atoms with van der Waals surface area (Å²) in [5.41, 5.74) is 3.52. The molecule has 1 N–H and O–H groups in total. The maximum Gasteiger partial charge on any atom is 0.268 e. The maximum absolute atomic E-state index is 12.8. The lowest BCUT2D eigenvalue weighted by atomic mass is 10.1. The molecule has 3 aromatic rings. The quantitative estimate of drug-likeness (QED) is 0.547. The second-order valence-electron chi connectivity index (χ2n) is 7.28. The van der Waals surface area contributed by atoms with E-state index in [9.17, 15) is 9.59 Å². The predicted octanol–water partition coefficient (Wildman–Crippen LogP) is 4.45. The molecule has 2 aromatic carbocycles. The Balaban J connectivity index is 1.57. The molecule has 0 saturated heterocycles. The van der Waals surface area contributed by atoms with E-state index in [1.54, 1.807) is 25.2 Å². The molecule has 0 aliphatic carbocycles. The number of aryl methyl sites for hydroxylation is 1. The summed E-state index contributed by atoms with van der Waals surface area (Å²) in [5, 5.41) is 4.85. The lowest BCUT2D eigenvalue weighted by Gasteiger charge is -2.20. The molecule has 156 valence electrons. The summed E-state index contributed by atoms with van der Waals surface area (Å²) in [4.78, 5) is 29.7. The van der Waals surface area contributed by atoms with Gasteiger partial charge in [-0.3, -0.25) is 9.59 Å². The van der Waals surface area contributed by atoms with E-state index in [0.29, 0.717) is 22.7 Å². The van der Waals surface area contributed by atoms with Crippen LogP contribution in [-0.2, 0) is 6.42 Å². The van der Waals surface area contributed by atoms with Crippen LogP contribution >= 0.6 is 11.3 Å². The second-order valence-corrected chi connectivity index (χ2v) is 8.23. The van der Waals surface area contributed by atoms with Crippen LogP contribution in [0.4, 0.5) is 11.4 Å². The van der Waals surface area contributed by atoms with Gasteiger partial charge in [-0.05, 0) is 54.1 Å². The van der Waals surface area contributed by atoms with Crippen LogP contribution in [0.5, 0.6) is 0 Å². The van der Waals surface area contributed by atoms with Crippen LogP contribution in [0.15, 0.2) is 66.0 Å². The van der Waals surface area contributed by atoms with E-state index in [2.05, 4.69) is 34.5 Å². The Labute approximate surface area is 181 Å². The Morgan fingerprint density at radius 1 is 0.933 bits per heavy atom. The molecule has 0 aliphatic heterocycles. The van der Waals surface area contributed by atoms with E-state index in [0.717, 1.165) is 12.8 Å². The molecule has 0 unspecified atom stereocenters. The summed E-state index contributed by atoms with van der Waals surface area (Å²) in [5.74, 6) is -0.286. The van der Waals surface area contributed by atoms with Crippen molar-refractivity contribution in [3.05, 3.63) is 82.0 Å². The Kier molecular flexibility index (Phi) is 7.25. The van der Waals surface area contributed by atoms with Crippen molar-refractivity contribution in [2.45, 2.75) is 12.8 Å². The highest BCUT2D eigenvalue weighted by molar-refractivity contribution is 7.12. The molecule has 0 radical (unpaired) electrons. The summed E-state index contributed by atoms with van der Waals surface area (Å²) in [6.45, 7) is 0.575. The average Bonchev–Trinajstić information content (AvgIpc) is 3.31. The van der Waals surface area contributed by atoms with Crippen molar-refractivity contribution in [3.8, 4) is 0 Å². The molecule has 30 heavy (non-hydrogen) atoms. The van der Waals surface area contributed by atoms with Gasteiger partial charge in [0.25, 0.3) is 11.8 Å². The number of para-hydroxylation sites is 1. The Bertz CT molecular complexity index is 982. The van der Waals surface area contributed by atoms with Gasteiger partial charge in [0.05, 0.1) is 16.1 Å². The van der Waals surface area contributed by atoms with Gasteiger partial charge in [-0.1, -0.05) is 30.3 Å². The smallest absolute Gasteiger partial charge is 0.268 e. The Morgan fingerprint density at radius 3 is 2.33 bits per heavy atom. The minimum atomic E-state index is -0.167. The number of hydrogen-bond acceptors (Lipinski definition) is 4. The highest BCUT2D eigenvalue weighted by Gasteiger charge is 2.19. The van der Waals surface area contributed by atoms with Crippen LogP contribution in [-0.4, -0.2) is 39.5 Å². The molecule has 5 nitrogen and oxygen atoms in total. The first kappa shape index (κ1) is 21.6. The Hall–Kier alpha value is -3.12. The number of nitrogens with one attached hydrogen (secondary N) is 1. The SMILES string of the molecule is CN(C)c1ccc(CCCNC(=O)c2ccccc2N(C)C(=O)c2cccs2)cc1. The van der Waals surface area contributed by atoms with Gasteiger partial charge < -0.3 is 15.1 Å². The molecule has 0 aliphatic rings. The fraction of sp³-hybridized carbons (Fsp3) is 0.250. The predicted molar refractivity (Wildman–Crippen MR) is 125 cm³/mol. The lowest BCUT2D eigenvalue weighted by Crippen LogP contribution is -2.30. The zero-order chi connectivity index (χ0) is 21.5. The van der Waals surface area contributed by atoms with E-state index < -0.39 is 0 Å². The lowest BCUT2D eigenvalue weighted by molar-refractivity contribution is 0.0953. The molecule has 1 aromatic heterocycles. The fourth-order valence-corrected chi connectivity index (χ4v) is 3.88. The van der Waals surface area contributed by atoms with Crippen LogP contribution in [0, 0.1) is 0 Å². The van der Waals surface area contributed by atoms with Crippen LogP contribution < -0.4 is 15.1 Å². The Morgan fingerprint density at radius 2 is 1.67 bits per heavy atom. The first-order valence-electron chi connectivity index (χ1n) is 9.92. The van der Waals surface area contributed by atoms with Crippen molar-refractivity contribution in [2.24, 2.45) is 0 Å². The monoisotopic (exact) mass is 421 g/mol. The maximum atomic E-state index is 12.8. The average molecular weight is 422 g/mol. The van der Waals surface area contributed by atoms with Crippen molar-refractivity contribution in [1.29, 1.82) is 0 Å². The third-order valence-electron chi connectivity index (χ3n) is 4.93. The largest absolute Gasteiger partial charge is 0.378 e. The van der Waals surface area contributed by atoms with Crippen LogP contribution in [0.2, 0.25) is 0 Å². The van der Waals surface area contributed by atoms with Crippen molar-refractivity contribution in [3.63, 3.8) is 0 Å². The number of anilines is 2. The van der Waals surface area contributed by atoms with Crippen molar-refractivity contribution in [2.75, 3.05) is 37.5 Å². The molecule has 1 heterocycles. The molecule has 6 heteroatoms. The van der Waals surface area contributed by atoms with E-state index in [-0.39, 0.29) is 11.8 Å². The van der Waals surface area contributed by atoms with E-state index in [1.165, 1.54) is 27.5 Å². The first-order chi connectivity index (χ1) is 14.5. The van der Waals surface area contributed by atoms with E-state index >= 15 is 0 Å². The normalized spacial score (nSPS) is 10.5. The molecule has 0 fully saturated rings. The summed E-state index contributed by atoms with van der Waals surface area (Å²) in [6.07, 6.45) is 1.74. The van der Waals surface area contributed by atoms with Crippen LogP contribution in [0.1, 0.15) is 32.0 Å². The molecule has 0 spiro atoms. The molecular weight excluding hydrogens is 394 g/mol. The van der Waals surface area contributed by atoms with Gasteiger partial charge in [-0.15, -0.1) is 11.3 Å². The van der Waals surface area contributed by atoms with Gasteiger partial charge in [-0.2, -0.15) is 0 Å². The van der Waals surface area contributed by atoms with Crippen molar-refractivity contribution < 1.29 is 9.59 Å². The molecular formula is C24H27N3O2S. The van der Waals surface area contributed by atoms with Gasteiger partial charge in [0.1, 0.15) is 0 Å². The number of hydrogen-bond donors (Lipinski definition) is 1. The third kappa shape index (κ3) is 5.27. The number of amides is 2. The highest BCUT2D eigenvalue weighted by atomic mass is 32.1. The van der Waals surface area contributed by atoms with Crippen LogP contribution in [0.25, 0.3) is 0 Å². The number of carbonyl (C=O) groups excluding carboxylic acids is 2. The van der Waals surface area contributed by atoms with Gasteiger partial charge in [-0.25, -0.2) is 0 Å². The third-order valence-corrected chi connectivity index (χ3v) is 5.79. The summed E-state index contributed by atoms with van der Waals surface area (Å²) in [6, 6.07) is 19.3. The fourth-order valence-electron chi connectivity index (χ4n) is 3.18. The van der Waals surface area contributed by atoms with Gasteiger partial charge in [0.15, 0.2) is 0 Å². The highest BCUT2D eigenvalue weighted by Crippen LogP contribution is 2.22. The number of benzene rings is 2. The van der Waals surface area contributed by atoms with E-state index in [4.69, 9.17) is 0 Å². The van der Waals surface area contributed by atoms with Crippen LogP contribution in [0.3, 0.4) is 0 Å². The van der Waals surface area contributed by atoms with E-state index in [1.807, 2.05) is 37.7 Å². The van der Waals surface area contributed by atoms with Crippen molar-refractivity contribution >= 4 is 34.5 Å². The summed E-state index contributed by atoms with van der Waals surface area (Å²) >= 11 is 1.39. The minimum Gasteiger partial charge on any atom is -0.378 e. The van der Waals surface area contributed by atoms with Gasteiger partial charge in [0, 0.05) is 33.4 Å².